The molecule has 1 saturated heterocycles. The lowest BCUT2D eigenvalue weighted by Gasteiger charge is -2.40. The second kappa shape index (κ2) is 8.96. The number of aromatic hydroxyl groups is 1. The van der Waals surface area contributed by atoms with Crippen molar-refractivity contribution >= 4 is 5.76 Å². The van der Waals surface area contributed by atoms with Gasteiger partial charge in [-0.25, -0.2) is 0 Å². The molecule has 178 valence electrons. The molecule has 0 amide bonds. The number of benzene rings is 1. The third kappa shape index (κ3) is 4.24. The van der Waals surface area contributed by atoms with Crippen molar-refractivity contribution in [3.63, 3.8) is 0 Å². The van der Waals surface area contributed by atoms with Crippen molar-refractivity contribution in [2.45, 2.75) is 36.8 Å². The van der Waals surface area contributed by atoms with Crippen molar-refractivity contribution in [1.82, 2.24) is 0 Å². The van der Waals surface area contributed by atoms with Crippen LogP contribution in [0.15, 0.2) is 59.3 Å². The van der Waals surface area contributed by atoms with Gasteiger partial charge in [0, 0.05) is 18.2 Å². The van der Waals surface area contributed by atoms with Crippen molar-refractivity contribution in [3.8, 4) is 11.5 Å². The highest BCUT2D eigenvalue weighted by molar-refractivity contribution is 5.69. The first-order valence-electron chi connectivity index (χ1n) is 10.1. The number of hydrogen-bond donors (Lipinski definition) is 7. The maximum atomic E-state index is 10.4. The largest absolute Gasteiger partial charge is 0.571 e. The van der Waals surface area contributed by atoms with Crippen LogP contribution in [0.2, 0.25) is 0 Å². The van der Waals surface area contributed by atoms with Gasteiger partial charge in [-0.15, -0.1) is 0 Å². The zero-order chi connectivity index (χ0) is 23.9. The zero-order valence-electron chi connectivity index (χ0n) is 17.4. The van der Waals surface area contributed by atoms with E-state index in [9.17, 15) is 35.7 Å². The van der Waals surface area contributed by atoms with Gasteiger partial charge in [0.25, 0.3) is 0 Å². The van der Waals surface area contributed by atoms with Gasteiger partial charge in [-0.05, 0) is 12.1 Å². The highest BCUT2D eigenvalue weighted by Crippen LogP contribution is 2.38. The van der Waals surface area contributed by atoms with Gasteiger partial charge in [-0.1, -0.05) is 0 Å². The Morgan fingerprint density at radius 2 is 1.79 bits per heavy atom. The van der Waals surface area contributed by atoms with Crippen LogP contribution >= 0.6 is 0 Å². The van der Waals surface area contributed by atoms with E-state index in [0.717, 1.165) is 6.08 Å². The first kappa shape index (κ1) is 23.0. The molecule has 11 heteroatoms. The molecule has 1 aliphatic carbocycles. The highest BCUT2D eigenvalue weighted by Gasteiger charge is 2.46. The molecule has 0 saturated carbocycles. The van der Waals surface area contributed by atoms with E-state index in [4.69, 9.17) is 14.2 Å². The second-order valence-electron chi connectivity index (χ2n) is 7.71. The van der Waals surface area contributed by atoms with E-state index in [1.807, 2.05) is 0 Å². The van der Waals surface area contributed by atoms with E-state index >= 15 is 0 Å². The minimum atomic E-state index is -1.67. The van der Waals surface area contributed by atoms with E-state index in [1.165, 1.54) is 37.5 Å². The molecular formula is C22H25O11+. The highest BCUT2D eigenvalue weighted by atomic mass is 16.7. The van der Waals surface area contributed by atoms with E-state index in [2.05, 4.69) is 4.74 Å². The minimum Gasteiger partial charge on any atom is -0.571 e. The van der Waals surface area contributed by atoms with E-state index < -0.39 is 43.4 Å². The molecule has 1 aromatic rings. The Morgan fingerprint density at radius 1 is 1.03 bits per heavy atom. The Balaban J connectivity index is 1.77. The first-order chi connectivity index (χ1) is 15.7. The molecule has 3 aliphatic rings. The summed E-state index contributed by atoms with van der Waals surface area (Å²) in [6.07, 6.45) is -4.33. The summed E-state index contributed by atoms with van der Waals surface area (Å²) in [5, 5.41) is 70.0. The number of phenols is 1. The van der Waals surface area contributed by atoms with Crippen LogP contribution in [0.4, 0.5) is 0 Å². The summed E-state index contributed by atoms with van der Waals surface area (Å²) in [7, 11) is 1.37. The van der Waals surface area contributed by atoms with Crippen molar-refractivity contribution in [2.75, 3.05) is 13.7 Å². The molecule has 33 heavy (non-hydrogen) atoms. The Morgan fingerprint density at radius 3 is 2.48 bits per heavy atom. The number of methoxy groups -OCH3 is 1. The smallest absolute Gasteiger partial charge is 0.305 e. The van der Waals surface area contributed by atoms with E-state index in [0.29, 0.717) is 11.1 Å². The molecule has 4 rings (SSSR count). The Hall–Kier alpha value is -3.22. The molecule has 2 aliphatic heterocycles. The van der Waals surface area contributed by atoms with Crippen molar-refractivity contribution in [3.05, 3.63) is 64.8 Å². The van der Waals surface area contributed by atoms with Gasteiger partial charge >= 0.3 is 5.76 Å². The first-order valence-corrected chi connectivity index (χ1v) is 10.1. The van der Waals surface area contributed by atoms with Crippen LogP contribution in [0.5, 0.6) is 11.5 Å². The lowest BCUT2D eigenvalue weighted by atomic mass is 9.96. The number of phenolic OH excluding ortho intramolecular Hbond substituents is 1. The molecule has 6 atom stereocenters. The summed E-state index contributed by atoms with van der Waals surface area (Å²) < 4.78 is 20.9. The fourth-order valence-electron chi connectivity index (χ4n) is 3.77. The SMILES string of the molecule is COc1cc(C2=C(OC3OC(CO)C(O)C(O)C3O)C=C3C(O)=CC(O)=CC3[OH+]2)ccc1O. The summed E-state index contributed by atoms with van der Waals surface area (Å²) in [5.74, 6) is -0.158. The number of aliphatic hydroxyl groups excluding tert-OH is 6. The van der Waals surface area contributed by atoms with Gasteiger partial charge in [-0.2, -0.15) is 0 Å². The third-order valence-corrected chi connectivity index (χ3v) is 5.56. The summed E-state index contributed by atoms with van der Waals surface area (Å²) >= 11 is 0. The van der Waals surface area contributed by atoms with Crippen molar-refractivity contribution < 1.29 is 54.7 Å². The van der Waals surface area contributed by atoms with Gasteiger partial charge < -0.3 is 54.7 Å². The topological polar surface area (TPSA) is 182 Å². The Kier molecular flexibility index (Phi) is 6.23. The van der Waals surface area contributed by atoms with Crippen molar-refractivity contribution in [1.29, 1.82) is 0 Å². The maximum absolute atomic E-state index is 10.4. The number of fused-ring (bicyclic) bond motifs is 1. The van der Waals surface area contributed by atoms with Crippen LogP contribution in [0, 0.1) is 0 Å². The average molecular weight is 465 g/mol. The molecule has 1 aromatic carbocycles. The van der Waals surface area contributed by atoms with Gasteiger partial charge in [-0.3, -0.25) is 0 Å². The molecule has 6 unspecified atom stereocenters. The summed E-state index contributed by atoms with van der Waals surface area (Å²) in [6.45, 7) is -0.632. The predicted molar refractivity (Wildman–Crippen MR) is 112 cm³/mol. The van der Waals surface area contributed by atoms with Crippen LogP contribution in [0.3, 0.4) is 0 Å². The monoisotopic (exact) mass is 465 g/mol. The number of aliphatic hydroxyl groups is 8. The number of hydrogen-bond acceptors (Lipinski definition) is 10. The summed E-state index contributed by atoms with van der Waals surface area (Å²) in [5.41, 5.74) is 0.725. The van der Waals surface area contributed by atoms with Gasteiger partial charge in [0.15, 0.2) is 11.5 Å². The average Bonchev–Trinajstić information content (AvgIpc) is 2.79. The molecule has 0 aromatic heterocycles. The van der Waals surface area contributed by atoms with Crippen LogP contribution in [-0.4, -0.2) is 91.0 Å². The molecule has 8 N–H and O–H groups in total. The molecule has 2 heterocycles. The van der Waals surface area contributed by atoms with Gasteiger partial charge in [0.05, 0.1) is 30.9 Å². The summed E-state index contributed by atoms with van der Waals surface area (Å²) in [4.78, 5) is 0. The van der Waals surface area contributed by atoms with Gasteiger partial charge in [0.1, 0.15) is 35.9 Å². The minimum absolute atomic E-state index is 0.0214. The van der Waals surface area contributed by atoms with Crippen LogP contribution in [0.25, 0.3) is 5.76 Å². The number of ether oxygens (including phenoxy) is 4. The molecule has 0 bridgehead atoms. The van der Waals surface area contributed by atoms with Crippen LogP contribution < -0.4 is 4.74 Å². The number of rotatable bonds is 5. The van der Waals surface area contributed by atoms with Crippen LogP contribution in [0.1, 0.15) is 5.56 Å². The standard InChI is InChI=1S/C22H24O11/c1-30-15-4-9(2-3-12(15)25)21-16(7-11-13(26)5-10(24)6-14(11)31-21)32-22-20(29)19(28)18(27)17(8-23)33-22/h2-7,14,17-20,22-29H,8H2,1H3/p+1. The van der Waals surface area contributed by atoms with Crippen molar-refractivity contribution in [2.24, 2.45) is 0 Å². The normalized spacial score (nSPS) is 31.6. The third-order valence-electron chi connectivity index (χ3n) is 5.56. The summed E-state index contributed by atoms with van der Waals surface area (Å²) in [6, 6.07) is 4.41. The Bertz CT molecular complexity index is 1040. The molecule has 0 radical (unpaired) electrons. The van der Waals surface area contributed by atoms with E-state index in [-0.39, 0.29) is 34.5 Å². The predicted octanol–water partition coefficient (Wildman–Crippen LogP) is -0.380. The second-order valence-corrected chi connectivity index (χ2v) is 7.71. The molecular weight excluding hydrogens is 440 g/mol. The molecule has 1 fully saturated rings. The van der Waals surface area contributed by atoms with E-state index in [1.54, 1.807) is 0 Å². The van der Waals surface area contributed by atoms with Crippen LogP contribution in [-0.2, 0) is 9.47 Å². The fourth-order valence-corrected chi connectivity index (χ4v) is 3.77. The number of allylic oxidation sites excluding steroid dienone is 2. The fraction of sp³-hybridized carbons (Fsp3) is 0.364. The maximum Gasteiger partial charge on any atom is 0.305 e. The quantitative estimate of drug-likeness (QED) is 0.283. The zero-order valence-corrected chi connectivity index (χ0v) is 17.4. The molecule has 11 nitrogen and oxygen atoms in total. The lowest BCUT2D eigenvalue weighted by Crippen LogP contribution is -2.59. The Labute approximate surface area is 188 Å². The van der Waals surface area contributed by atoms with Gasteiger partial charge in [0.2, 0.25) is 18.2 Å². The lowest BCUT2D eigenvalue weighted by molar-refractivity contribution is -0.290. The molecule has 0 spiro atoms.